The molecule has 76 valence electrons. The maximum atomic E-state index is 13.4. The van der Waals surface area contributed by atoms with Crippen molar-refractivity contribution >= 4 is 15.9 Å². The Bertz CT molecular complexity index is 500. The van der Waals surface area contributed by atoms with Crippen LogP contribution in [-0.2, 0) is 0 Å². The van der Waals surface area contributed by atoms with Crippen LogP contribution in [0.5, 0.6) is 0 Å². The molecule has 0 bridgehead atoms. The minimum absolute atomic E-state index is 0.212. The number of rotatable bonds is 1. The zero-order valence-electron chi connectivity index (χ0n) is 7.55. The lowest BCUT2D eigenvalue weighted by Gasteiger charge is -2.03. The van der Waals surface area contributed by atoms with Crippen molar-refractivity contribution in [3.05, 3.63) is 52.8 Å². The van der Waals surface area contributed by atoms with Crippen molar-refractivity contribution in [1.29, 1.82) is 0 Å². The molecule has 1 nitrogen and oxygen atoms in total. The van der Waals surface area contributed by atoms with Crippen LogP contribution >= 0.6 is 15.9 Å². The van der Waals surface area contributed by atoms with E-state index < -0.39 is 11.6 Å². The van der Waals surface area contributed by atoms with E-state index >= 15 is 0 Å². The summed E-state index contributed by atoms with van der Waals surface area (Å²) in [5.74, 6) is -0.928. The van der Waals surface area contributed by atoms with E-state index in [1.807, 2.05) is 0 Å². The molecule has 1 aromatic heterocycles. The Labute approximate surface area is 93.9 Å². The van der Waals surface area contributed by atoms with Crippen LogP contribution < -0.4 is 0 Å². The van der Waals surface area contributed by atoms with E-state index in [0.29, 0.717) is 5.56 Å². The molecule has 4 heteroatoms. The summed E-state index contributed by atoms with van der Waals surface area (Å²) in [6.45, 7) is 0. The summed E-state index contributed by atoms with van der Waals surface area (Å²) < 4.78 is 27.0. The second-order valence-electron chi connectivity index (χ2n) is 3.02. The molecule has 0 aliphatic heterocycles. The molecule has 0 spiro atoms. The van der Waals surface area contributed by atoms with Crippen molar-refractivity contribution < 1.29 is 8.78 Å². The Balaban J connectivity index is 2.58. The van der Waals surface area contributed by atoms with Crippen LogP contribution in [0.3, 0.4) is 0 Å². The first-order valence-corrected chi connectivity index (χ1v) is 5.02. The highest BCUT2D eigenvalue weighted by Gasteiger charge is 2.06. The number of pyridine rings is 1. The molecule has 0 aliphatic rings. The van der Waals surface area contributed by atoms with Gasteiger partial charge in [-0.15, -0.1) is 0 Å². The SMILES string of the molecule is Fc1ccc(F)c(-c2cncc(Br)c2)c1. The van der Waals surface area contributed by atoms with Crippen LogP contribution in [-0.4, -0.2) is 4.98 Å². The number of hydrogen-bond acceptors (Lipinski definition) is 1. The molecule has 1 heterocycles. The number of aromatic nitrogens is 1. The van der Waals surface area contributed by atoms with Crippen LogP contribution in [0.15, 0.2) is 41.1 Å². The highest BCUT2D eigenvalue weighted by Crippen LogP contribution is 2.25. The van der Waals surface area contributed by atoms with E-state index in [1.165, 1.54) is 6.20 Å². The quantitative estimate of drug-likeness (QED) is 0.768. The van der Waals surface area contributed by atoms with Gasteiger partial charge in [0.05, 0.1) is 0 Å². The molecule has 0 amide bonds. The first-order chi connectivity index (χ1) is 7.16. The number of halogens is 3. The van der Waals surface area contributed by atoms with Gasteiger partial charge in [-0.05, 0) is 40.2 Å². The van der Waals surface area contributed by atoms with Gasteiger partial charge in [0, 0.05) is 28.0 Å². The molecule has 0 saturated heterocycles. The molecular formula is C11H6BrF2N. The second-order valence-corrected chi connectivity index (χ2v) is 3.93. The standard InChI is InChI=1S/C11H6BrF2N/c12-8-3-7(5-15-6-8)10-4-9(13)1-2-11(10)14/h1-6H. The molecule has 0 aliphatic carbocycles. The third kappa shape index (κ3) is 2.21. The number of hydrogen-bond donors (Lipinski definition) is 0. The van der Waals surface area contributed by atoms with Crippen LogP contribution in [0.2, 0.25) is 0 Å². The maximum absolute atomic E-state index is 13.4. The smallest absolute Gasteiger partial charge is 0.131 e. The summed E-state index contributed by atoms with van der Waals surface area (Å²) in [5.41, 5.74) is 0.755. The normalized spacial score (nSPS) is 10.3. The molecule has 0 radical (unpaired) electrons. The van der Waals surface area contributed by atoms with E-state index in [-0.39, 0.29) is 5.56 Å². The molecule has 2 rings (SSSR count). The van der Waals surface area contributed by atoms with Gasteiger partial charge in [0.25, 0.3) is 0 Å². The van der Waals surface area contributed by atoms with E-state index in [4.69, 9.17) is 0 Å². The van der Waals surface area contributed by atoms with Crippen molar-refractivity contribution in [3.8, 4) is 11.1 Å². The summed E-state index contributed by atoms with van der Waals surface area (Å²) in [5, 5.41) is 0. The van der Waals surface area contributed by atoms with Crippen LogP contribution in [0.1, 0.15) is 0 Å². The molecule has 15 heavy (non-hydrogen) atoms. The van der Waals surface area contributed by atoms with Crippen molar-refractivity contribution in [2.24, 2.45) is 0 Å². The van der Waals surface area contributed by atoms with Gasteiger partial charge in [0.2, 0.25) is 0 Å². The topological polar surface area (TPSA) is 12.9 Å². The third-order valence-corrected chi connectivity index (χ3v) is 2.38. The fourth-order valence-electron chi connectivity index (χ4n) is 1.28. The zero-order valence-corrected chi connectivity index (χ0v) is 9.13. The molecule has 0 N–H and O–H groups in total. The van der Waals surface area contributed by atoms with E-state index in [2.05, 4.69) is 20.9 Å². The summed E-state index contributed by atoms with van der Waals surface area (Å²) in [6.07, 6.45) is 3.07. The Morgan fingerprint density at radius 3 is 2.60 bits per heavy atom. The molecular weight excluding hydrogens is 264 g/mol. The van der Waals surface area contributed by atoms with E-state index in [1.54, 1.807) is 12.3 Å². The summed E-state index contributed by atoms with van der Waals surface area (Å²) in [4.78, 5) is 3.90. The van der Waals surface area contributed by atoms with Crippen molar-refractivity contribution in [3.63, 3.8) is 0 Å². The van der Waals surface area contributed by atoms with Crippen molar-refractivity contribution in [1.82, 2.24) is 4.98 Å². The van der Waals surface area contributed by atoms with Crippen LogP contribution in [0.25, 0.3) is 11.1 Å². The second kappa shape index (κ2) is 4.06. The number of benzene rings is 1. The highest BCUT2D eigenvalue weighted by atomic mass is 79.9. The minimum atomic E-state index is -0.466. The predicted molar refractivity (Wildman–Crippen MR) is 57.3 cm³/mol. The Morgan fingerprint density at radius 2 is 1.87 bits per heavy atom. The van der Waals surface area contributed by atoms with Gasteiger partial charge in [-0.2, -0.15) is 0 Å². The fourth-order valence-corrected chi connectivity index (χ4v) is 1.64. The zero-order chi connectivity index (χ0) is 10.8. The summed E-state index contributed by atoms with van der Waals surface area (Å²) in [7, 11) is 0. The fraction of sp³-hybridized carbons (Fsp3) is 0. The predicted octanol–water partition coefficient (Wildman–Crippen LogP) is 3.79. The van der Waals surface area contributed by atoms with Crippen LogP contribution in [0, 0.1) is 11.6 Å². The lowest BCUT2D eigenvalue weighted by atomic mass is 10.1. The Morgan fingerprint density at radius 1 is 1.07 bits per heavy atom. The molecule has 2 aromatic rings. The summed E-state index contributed by atoms with van der Waals surface area (Å²) >= 11 is 3.22. The summed E-state index contributed by atoms with van der Waals surface area (Å²) in [6, 6.07) is 5.03. The Kier molecular flexibility index (Phi) is 2.77. The van der Waals surface area contributed by atoms with Gasteiger partial charge in [-0.25, -0.2) is 8.78 Å². The Hall–Kier alpha value is -1.29. The van der Waals surface area contributed by atoms with E-state index in [0.717, 1.165) is 22.7 Å². The van der Waals surface area contributed by atoms with Crippen molar-refractivity contribution in [2.45, 2.75) is 0 Å². The third-order valence-electron chi connectivity index (χ3n) is 1.94. The first kappa shape index (κ1) is 10.2. The highest BCUT2D eigenvalue weighted by molar-refractivity contribution is 9.10. The molecule has 0 atom stereocenters. The largest absolute Gasteiger partial charge is 0.263 e. The van der Waals surface area contributed by atoms with Gasteiger partial charge in [-0.3, -0.25) is 4.98 Å². The minimum Gasteiger partial charge on any atom is -0.263 e. The lowest BCUT2D eigenvalue weighted by molar-refractivity contribution is 0.603. The van der Waals surface area contributed by atoms with Gasteiger partial charge in [0.1, 0.15) is 11.6 Å². The average Bonchev–Trinajstić information content (AvgIpc) is 2.22. The molecule has 0 unspecified atom stereocenters. The lowest BCUT2D eigenvalue weighted by Crippen LogP contribution is -1.87. The van der Waals surface area contributed by atoms with Gasteiger partial charge >= 0.3 is 0 Å². The first-order valence-electron chi connectivity index (χ1n) is 4.23. The number of nitrogens with zero attached hydrogens (tertiary/aromatic N) is 1. The molecule has 0 fully saturated rings. The van der Waals surface area contributed by atoms with Crippen molar-refractivity contribution in [2.75, 3.05) is 0 Å². The van der Waals surface area contributed by atoms with Crippen LogP contribution in [0.4, 0.5) is 8.78 Å². The molecule has 1 aromatic carbocycles. The average molecular weight is 270 g/mol. The van der Waals surface area contributed by atoms with E-state index in [9.17, 15) is 8.78 Å². The van der Waals surface area contributed by atoms with Gasteiger partial charge in [-0.1, -0.05) is 0 Å². The molecule has 0 saturated carbocycles. The van der Waals surface area contributed by atoms with Gasteiger partial charge in [0.15, 0.2) is 0 Å². The maximum Gasteiger partial charge on any atom is 0.131 e. The van der Waals surface area contributed by atoms with Gasteiger partial charge < -0.3 is 0 Å². The monoisotopic (exact) mass is 269 g/mol.